The van der Waals surface area contributed by atoms with Crippen LogP contribution in [0.2, 0.25) is 0 Å². The highest BCUT2D eigenvalue weighted by atomic mass is 127. The summed E-state index contributed by atoms with van der Waals surface area (Å²) >= 11 is 2.15. The average molecular weight is 312 g/mol. The molecule has 0 aliphatic carbocycles. The van der Waals surface area contributed by atoms with Crippen LogP contribution in [-0.2, 0) is 0 Å². The molecule has 0 N–H and O–H groups in total. The maximum Gasteiger partial charge on any atom is 0.321 e. The van der Waals surface area contributed by atoms with E-state index in [1.807, 2.05) is 31.2 Å². The number of nitrogens with zero attached hydrogens (tertiary/aromatic N) is 2. The van der Waals surface area contributed by atoms with E-state index in [9.17, 15) is 0 Å². The van der Waals surface area contributed by atoms with E-state index in [-0.39, 0.29) is 0 Å². The Morgan fingerprint density at radius 1 is 1.13 bits per heavy atom. The van der Waals surface area contributed by atoms with Crippen molar-refractivity contribution in [1.82, 2.24) is 9.97 Å². The lowest BCUT2D eigenvalue weighted by Gasteiger charge is -2.05. The summed E-state index contributed by atoms with van der Waals surface area (Å²) in [7, 11) is 0. The SMILES string of the molecule is Cc1ccccc1Oc1ncc(I)cn1. The minimum absolute atomic E-state index is 0.379. The lowest BCUT2D eigenvalue weighted by atomic mass is 10.2. The molecular formula is C11H9IN2O. The molecule has 0 saturated heterocycles. The summed E-state index contributed by atoms with van der Waals surface area (Å²) in [4.78, 5) is 8.15. The molecule has 0 fully saturated rings. The van der Waals surface area contributed by atoms with Gasteiger partial charge in [-0.1, -0.05) is 18.2 Å². The van der Waals surface area contributed by atoms with Crippen molar-refractivity contribution in [3.8, 4) is 11.8 Å². The Hall–Kier alpha value is -1.17. The van der Waals surface area contributed by atoms with E-state index in [0.717, 1.165) is 14.9 Å². The van der Waals surface area contributed by atoms with Gasteiger partial charge >= 0.3 is 6.01 Å². The number of hydrogen-bond donors (Lipinski definition) is 0. The molecule has 3 nitrogen and oxygen atoms in total. The standard InChI is InChI=1S/C11H9IN2O/c1-8-4-2-3-5-10(8)15-11-13-6-9(12)7-14-11/h2-7H,1H3. The Kier molecular flexibility index (Phi) is 3.15. The molecule has 0 amide bonds. The second-order valence-electron chi connectivity index (χ2n) is 3.05. The quantitative estimate of drug-likeness (QED) is 0.799. The molecule has 2 rings (SSSR count). The molecule has 76 valence electrons. The molecule has 0 spiro atoms. The first-order valence-electron chi connectivity index (χ1n) is 4.47. The molecule has 4 heteroatoms. The maximum atomic E-state index is 5.54. The molecular weight excluding hydrogens is 303 g/mol. The molecule has 1 heterocycles. The fraction of sp³-hybridized carbons (Fsp3) is 0.0909. The van der Waals surface area contributed by atoms with Gasteiger partial charge in [0, 0.05) is 16.0 Å². The highest BCUT2D eigenvalue weighted by molar-refractivity contribution is 14.1. The molecule has 0 unspecified atom stereocenters. The zero-order valence-electron chi connectivity index (χ0n) is 8.14. The Bertz CT molecular complexity index is 456. The molecule has 0 radical (unpaired) electrons. The number of benzene rings is 1. The number of para-hydroxylation sites is 1. The fourth-order valence-corrected chi connectivity index (χ4v) is 1.40. The van der Waals surface area contributed by atoms with Crippen molar-refractivity contribution in [2.45, 2.75) is 6.92 Å². The van der Waals surface area contributed by atoms with Crippen LogP contribution < -0.4 is 4.74 Å². The van der Waals surface area contributed by atoms with Gasteiger partial charge in [0.05, 0.1) is 0 Å². The third-order valence-corrected chi connectivity index (χ3v) is 2.45. The third kappa shape index (κ3) is 2.65. The molecule has 0 saturated carbocycles. The molecule has 15 heavy (non-hydrogen) atoms. The zero-order chi connectivity index (χ0) is 10.7. The summed E-state index contributed by atoms with van der Waals surface area (Å²) in [6.07, 6.45) is 3.45. The third-order valence-electron chi connectivity index (χ3n) is 1.89. The Balaban J connectivity index is 2.22. The van der Waals surface area contributed by atoms with Crippen LogP contribution in [0.5, 0.6) is 11.8 Å². The van der Waals surface area contributed by atoms with Gasteiger partial charge < -0.3 is 4.74 Å². The van der Waals surface area contributed by atoms with Crippen molar-refractivity contribution in [2.75, 3.05) is 0 Å². The van der Waals surface area contributed by atoms with E-state index in [1.165, 1.54) is 0 Å². The van der Waals surface area contributed by atoms with E-state index in [1.54, 1.807) is 12.4 Å². The normalized spacial score (nSPS) is 10.0. The van der Waals surface area contributed by atoms with E-state index in [2.05, 4.69) is 32.6 Å². The molecule has 2 aromatic rings. The van der Waals surface area contributed by atoms with Crippen molar-refractivity contribution < 1.29 is 4.74 Å². The Labute approximate surface area is 102 Å². The van der Waals surface area contributed by atoms with Gasteiger partial charge in [-0.3, -0.25) is 0 Å². The summed E-state index contributed by atoms with van der Waals surface area (Å²) in [5, 5.41) is 0. The van der Waals surface area contributed by atoms with Gasteiger partial charge in [0.2, 0.25) is 0 Å². The minimum atomic E-state index is 0.379. The lowest BCUT2D eigenvalue weighted by molar-refractivity contribution is 0.438. The van der Waals surface area contributed by atoms with E-state index < -0.39 is 0 Å². The highest BCUT2D eigenvalue weighted by Crippen LogP contribution is 2.21. The van der Waals surface area contributed by atoms with Crippen molar-refractivity contribution in [3.63, 3.8) is 0 Å². The van der Waals surface area contributed by atoms with Crippen LogP contribution in [0.15, 0.2) is 36.7 Å². The summed E-state index contributed by atoms with van der Waals surface area (Å²) in [6, 6.07) is 8.16. The first-order valence-corrected chi connectivity index (χ1v) is 5.54. The van der Waals surface area contributed by atoms with Gasteiger partial charge in [-0.2, -0.15) is 0 Å². The highest BCUT2D eigenvalue weighted by Gasteiger charge is 2.01. The largest absolute Gasteiger partial charge is 0.424 e. The van der Waals surface area contributed by atoms with Crippen LogP contribution in [-0.4, -0.2) is 9.97 Å². The number of aromatic nitrogens is 2. The summed E-state index contributed by atoms with van der Waals surface area (Å²) < 4.78 is 6.53. The summed E-state index contributed by atoms with van der Waals surface area (Å²) in [5.41, 5.74) is 1.07. The van der Waals surface area contributed by atoms with Crippen molar-refractivity contribution in [2.24, 2.45) is 0 Å². The Morgan fingerprint density at radius 3 is 2.47 bits per heavy atom. The van der Waals surface area contributed by atoms with Crippen LogP contribution >= 0.6 is 22.6 Å². The first kappa shape index (κ1) is 10.4. The fourth-order valence-electron chi connectivity index (χ4n) is 1.12. The Morgan fingerprint density at radius 2 is 1.80 bits per heavy atom. The molecule has 1 aromatic heterocycles. The number of ether oxygens (including phenoxy) is 1. The monoisotopic (exact) mass is 312 g/mol. The first-order chi connectivity index (χ1) is 7.25. The van der Waals surface area contributed by atoms with E-state index in [0.29, 0.717) is 6.01 Å². The van der Waals surface area contributed by atoms with E-state index >= 15 is 0 Å². The van der Waals surface area contributed by atoms with Gasteiger partial charge in [0.25, 0.3) is 0 Å². The van der Waals surface area contributed by atoms with Crippen LogP contribution in [0.25, 0.3) is 0 Å². The second kappa shape index (κ2) is 4.57. The number of aryl methyl sites for hydroxylation is 1. The topological polar surface area (TPSA) is 35.0 Å². The summed E-state index contributed by atoms with van der Waals surface area (Å²) in [5.74, 6) is 0.790. The molecule has 1 aromatic carbocycles. The van der Waals surface area contributed by atoms with Crippen molar-refractivity contribution in [3.05, 3.63) is 45.8 Å². The second-order valence-corrected chi connectivity index (χ2v) is 4.30. The molecule has 0 bridgehead atoms. The number of hydrogen-bond acceptors (Lipinski definition) is 3. The van der Waals surface area contributed by atoms with Crippen LogP contribution in [0.1, 0.15) is 5.56 Å². The van der Waals surface area contributed by atoms with Gasteiger partial charge in [-0.15, -0.1) is 0 Å². The average Bonchev–Trinajstić information content (AvgIpc) is 2.25. The minimum Gasteiger partial charge on any atom is -0.424 e. The predicted molar refractivity (Wildman–Crippen MR) is 66.0 cm³/mol. The lowest BCUT2D eigenvalue weighted by Crippen LogP contribution is -1.93. The zero-order valence-corrected chi connectivity index (χ0v) is 10.3. The van der Waals surface area contributed by atoms with Crippen molar-refractivity contribution in [1.29, 1.82) is 0 Å². The summed E-state index contributed by atoms with van der Waals surface area (Å²) in [6.45, 7) is 1.99. The van der Waals surface area contributed by atoms with Crippen molar-refractivity contribution >= 4 is 22.6 Å². The predicted octanol–water partition coefficient (Wildman–Crippen LogP) is 3.18. The van der Waals surface area contributed by atoms with Gasteiger partial charge in [-0.05, 0) is 41.1 Å². The van der Waals surface area contributed by atoms with Gasteiger partial charge in [-0.25, -0.2) is 9.97 Å². The van der Waals surface area contributed by atoms with E-state index in [4.69, 9.17) is 4.74 Å². The van der Waals surface area contributed by atoms with Gasteiger partial charge in [0.1, 0.15) is 5.75 Å². The molecule has 0 aliphatic heterocycles. The number of rotatable bonds is 2. The van der Waals surface area contributed by atoms with Gasteiger partial charge in [0.15, 0.2) is 0 Å². The molecule has 0 aliphatic rings. The van der Waals surface area contributed by atoms with Crippen LogP contribution in [0.3, 0.4) is 0 Å². The van der Waals surface area contributed by atoms with Crippen LogP contribution in [0, 0.1) is 10.5 Å². The van der Waals surface area contributed by atoms with Crippen LogP contribution in [0.4, 0.5) is 0 Å². The maximum absolute atomic E-state index is 5.54. The molecule has 0 atom stereocenters. The number of halogens is 1. The smallest absolute Gasteiger partial charge is 0.321 e.